The van der Waals surface area contributed by atoms with Crippen molar-refractivity contribution < 1.29 is 55.0 Å². The molecule has 41 heavy (non-hydrogen) atoms. The number of hydrogen-bond acceptors (Lipinski definition) is 10. The van der Waals surface area contributed by atoms with Gasteiger partial charge in [-0.15, -0.1) is 0 Å². The first-order valence-electron chi connectivity index (χ1n) is 11.6. The van der Waals surface area contributed by atoms with Crippen LogP contribution in [0.25, 0.3) is 0 Å². The standard InChI is InChI=1S/C24H23F4N2O10P/c1-35-13-3-7-15(8-4-13)39-41(34,40-16-9-5-14(36-2)6-10-16)37-12-24(22(27)28)19(31)18(26)21(38-24)30-11-17(25)20(32)29-23(30)33/h3-11,18-19,21-22,31H,12H2,1-2H3,(H,29,32,33)/t18-,19-,21-,24-/m1/s1. The van der Waals surface area contributed by atoms with Gasteiger partial charge in [0.15, 0.2) is 18.0 Å². The van der Waals surface area contributed by atoms with Gasteiger partial charge in [0.1, 0.15) is 29.1 Å². The first-order chi connectivity index (χ1) is 19.4. The van der Waals surface area contributed by atoms with E-state index in [-0.39, 0.29) is 22.3 Å². The Kier molecular flexibility index (Phi) is 8.77. The maximum atomic E-state index is 15.1. The molecule has 17 heteroatoms. The molecular weight excluding hydrogens is 583 g/mol. The number of rotatable bonds is 11. The number of ether oxygens (including phenoxy) is 3. The third-order valence-electron chi connectivity index (χ3n) is 5.98. The van der Waals surface area contributed by atoms with E-state index in [2.05, 4.69) is 0 Å². The topological polar surface area (TPSA) is 148 Å². The number of phosphoric acid groups is 1. The largest absolute Gasteiger partial charge is 0.587 e. The molecule has 2 aromatic carbocycles. The maximum Gasteiger partial charge on any atom is 0.587 e. The predicted octanol–water partition coefficient (Wildman–Crippen LogP) is 3.21. The average Bonchev–Trinajstić information content (AvgIpc) is 3.21. The van der Waals surface area contributed by atoms with E-state index in [4.69, 9.17) is 27.8 Å². The molecule has 0 amide bonds. The molecule has 2 N–H and O–H groups in total. The van der Waals surface area contributed by atoms with Crippen molar-refractivity contribution in [3.8, 4) is 23.0 Å². The molecule has 0 saturated carbocycles. The minimum Gasteiger partial charge on any atom is -0.497 e. The van der Waals surface area contributed by atoms with Gasteiger partial charge in [-0.3, -0.25) is 18.9 Å². The molecule has 4 rings (SSSR count). The second-order valence-electron chi connectivity index (χ2n) is 8.55. The number of benzene rings is 2. The molecule has 0 aliphatic carbocycles. The van der Waals surface area contributed by atoms with Crippen molar-refractivity contribution in [1.29, 1.82) is 0 Å². The Morgan fingerprint density at radius 2 is 1.49 bits per heavy atom. The van der Waals surface area contributed by atoms with Crippen LogP contribution in [-0.4, -0.2) is 59.8 Å². The number of alkyl halides is 3. The van der Waals surface area contributed by atoms with Crippen LogP contribution in [0, 0.1) is 5.82 Å². The number of aromatic nitrogens is 2. The van der Waals surface area contributed by atoms with Crippen molar-refractivity contribution in [3.63, 3.8) is 0 Å². The van der Waals surface area contributed by atoms with Crippen LogP contribution in [0.3, 0.4) is 0 Å². The fourth-order valence-electron chi connectivity index (χ4n) is 3.79. The lowest BCUT2D eigenvalue weighted by atomic mass is 9.97. The van der Waals surface area contributed by atoms with Gasteiger partial charge in [-0.25, -0.2) is 22.5 Å². The summed E-state index contributed by atoms with van der Waals surface area (Å²) in [5, 5.41) is 10.5. The molecule has 0 spiro atoms. The summed E-state index contributed by atoms with van der Waals surface area (Å²) < 4.78 is 103. The van der Waals surface area contributed by atoms with Crippen molar-refractivity contribution in [2.45, 2.75) is 30.5 Å². The molecule has 1 fully saturated rings. The molecule has 12 nitrogen and oxygen atoms in total. The van der Waals surface area contributed by atoms with Crippen LogP contribution >= 0.6 is 7.82 Å². The highest BCUT2D eigenvalue weighted by Gasteiger charge is 2.62. The molecule has 3 aromatic rings. The number of nitrogens with zero attached hydrogens (tertiary/aromatic N) is 1. The van der Waals surface area contributed by atoms with E-state index in [0.29, 0.717) is 11.5 Å². The molecule has 2 heterocycles. The monoisotopic (exact) mass is 606 g/mol. The molecule has 0 radical (unpaired) electrons. The third-order valence-corrected chi connectivity index (χ3v) is 7.30. The van der Waals surface area contributed by atoms with Crippen LogP contribution in [0.1, 0.15) is 6.23 Å². The Hall–Kier alpha value is -3.85. The number of nitrogens with one attached hydrogen (secondary N) is 1. The van der Waals surface area contributed by atoms with Crippen molar-refractivity contribution in [2.75, 3.05) is 20.8 Å². The van der Waals surface area contributed by atoms with Gasteiger partial charge in [-0.1, -0.05) is 0 Å². The highest BCUT2D eigenvalue weighted by molar-refractivity contribution is 7.49. The third kappa shape index (κ3) is 6.25. The number of halogens is 4. The average molecular weight is 606 g/mol. The fourth-order valence-corrected chi connectivity index (χ4v) is 5.05. The minimum absolute atomic E-state index is 0.113. The summed E-state index contributed by atoms with van der Waals surface area (Å²) >= 11 is 0. The summed E-state index contributed by atoms with van der Waals surface area (Å²) in [4.78, 5) is 25.0. The highest BCUT2D eigenvalue weighted by atomic mass is 31.2. The quantitative estimate of drug-likeness (QED) is 0.246. The molecule has 0 unspecified atom stereocenters. The zero-order valence-electron chi connectivity index (χ0n) is 21.2. The number of H-pyrrole nitrogens is 1. The van der Waals surface area contributed by atoms with Crippen LogP contribution in [0.15, 0.2) is 64.3 Å². The molecular formula is C24H23F4N2O10P. The SMILES string of the molecule is COc1ccc(OP(=O)(OC[C@@]2(C(F)F)O[C@@H](n3cc(F)c(=O)[nH]c3=O)[C@H](F)[C@H]2O)Oc2ccc(OC)cc2)cc1. The van der Waals surface area contributed by atoms with Gasteiger partial charge in [0, 0.05) is 0 Å². The number of hydrogen-bond donors (Lipinski definition) is 2. The van der Waals surface area contributed by atoms with Crippen molar-refractivity contribution >= 4 is 7.82 Å². The van der Waals surface area contributed by atoms with Gasteiger partial charge in [-0.2, -0.15) is 4.39 Å². The number of aliphatic hydroxyl groups is 1. The van der Waals surface area contributed by atoms with E-state index in [1.807, 2.05) is 0 Å². The van der Waals surface area contributed by atoms with E-state index in [0.717, 1.165) is 0 Å². The summed E-state index contributed by atoms with van der Waals surface area (Å²) in [6.45, 7) is -1.49. The van der Waals surface area contributed by atoms with Crippen molar-refractivity contribution in [2.24, 2.45) is 0 Å². The Morgan fingerprint density at radius 1 is 1.00 bits per heavy atom. The van der Waals surface area contributed by atoms with Gasteiger partial charge < -0.3 is 28.4 Å². The van der Waals surface area contributed by atoms with E-state index in [1.54, 1.807) is 0 Å². The van der Waals surface area contributed by atoms with E-state index >= 15 is 4.39 Å². The van der Waals surface area contributed by atoms with Crippen LogP contribution in [0.2, 0.25) is 0 Å². The Bertz CT molecular complexity index is 1470. The van der Waals surface area contributed by atoms with E-state index in [1.165, 1.54) is 67.7 Å². The number of aromatic amines is 1. The number of phosphoric ester groups is 1. The van der Waals surface area contributed by atoms with Crippen molar-refractivity contribution in [3.05, 3.63) is 81.4 Å². The van der Waals surface area contributed by atoms with Gasteiger partial charge in [0.2, 0.25) is 5.82 Å². The van der Waals surface area contributed by atoms with E-state index in [9.17, 15) is 32.4 Å². The lowest BCUT2D eigenvalue weighted by molar-refractivity contribution is -0.193. The molecule has 1 aromatic heterocycles. The smallest absolute Gasteiger partial charge is 0.497 e. The van der Waals surface area contributed by atoms with Crippen molar-refractivity contribution in [1.82, 2.24) is 9.55 Å². The summed E-state index contributed by atoms with van der Waals surface area (Å²) in [7, 11) is -2.12. The zero-order valence-corrected chi connectivity index (χ0v) is 22.1. The Morgan fingerprint density at radius 3 is 1.95 bits per heavy atom. The normalized spacial score (nSPS) is 22.5. The summed E-state index contributed by atoms with van der Waals surface area (Å²) in [6.07, 6.45) is -11.2. The predicted molar refractivity (Wildman–Crippen MR) is 132 cm³/mol. The Balaban J connectivity index is 1.65. The van der Waals surface area contributed by atoms with Gasteiger partial charge in [0.25, 0.3) is 12.0 Å². The number of aliphatic hydroxyl groups excluding tert-OH is 1. The lowest BCUT2D eigenvalue weighted by Gasteiger charge is -2.31. The molecule has 1 aliphatic rings. The van der Waals surface area contributed by atoms with Crippen LogP contribution in [0.5, 0.6) is 23.0 Å². The first-order valence-corrected chi connectivity index (χ1v) is 13.1. The van der Waals surface area contributed by atoms with Crippen LogP contribution < -0.4 is 29.8 Å². The van der Waals surface area contributed by atoms with Gasteiger partial charge in [0.05, 0.1) is 27.0 Å². The second kappa shape index (κ2) is 11.9. The molecule has 0 bridgehead atoms. The second-order valence-corrected chi connectivity index (χ2v) is 10.1. The number of methoxy groups -OCH3 is 2. The summed E-state index contributed by atoms with van der Waals surface area (Å²) in [6, 6.07) is 10.9. The van der Waals surface area contributed by atoms with E-state index < -0.39 is 62.0 Å². The maximum absolute atomic E-state index is 15.1. The minimum atomic E-state index is -4.91. The highest BCUT2D eigenvalue weighted by Crippen LogP contribution is 2.52. The molecule has 4 atom stereocenters. The van der Waals surface area contributed by atoms with Gasteiger partial charge in [-0.05, 0) is 48.5 Å². The molecule has 1 aliphatic heterocycles. The zero-order chi connectivity index (χ0) is 29.9. The summed E-state index contributed by atoms with van der Waals surface area (Å²) in [5.41, 5.74) is -6.10. The lowest BCUT2D eigenvalue weighted by Crippen LogP contribution is -2.52. The van der Waals surface area contributed by atoms with Crippen LogP contribution in [-0.2, 0) is 13.8 Å². The summed E-state index contributed by atoms with van der Waals surface area (Å²) in [5.74, 6) is -0.975. The molecule has 1 saturated heterocycles. The Labute approximate surface area is 228 Å². The first kappa shape index (κ1) is 30.1. The van der Waals surface area contributed by atoms with Crippen LogP contribution in [0.4, 0.5) is 17.6 Å². The fraction of sp³-hybridized carbons (Fsp3) is 0.333. The molecule has 222 valence electrons. The van der Waals surface area contributed by atoms with Gasteiger partial charge >= 0.3 is 13.5 Å².